The zero-order valence-electron chi connectivity index (χ0n) is 10.5. The first-order chi connectivity index (χ1) is 9.16. The summed E-state index contributed by atoms with van der Waals surface area (Å²) in [5.41, 5.74) is 1.22. The molecule has 2 heterocycles. The summed E-state index contributed by atoms with van der Waals surface area (Å²) in [5.74, 6) is -1.94. The van der Waals surface area contributed by atoms with Gasteiger partial charge in [0.05, 0.1) is 12.5 Å². The summed E-state index contributed by atoms with van der Waals surface area (Å²) in [6.07, 6.45) is 2.16. The maximum atomic E-state index is 13.4. The third-order valence-corrected chi connectivity index (χ3v) is 3.79. The van der Waals surface area contributed by atoms with Gasteiger partial charge in [0.1, 0.15) is 0 Å². The molecule has 3 rings (SSSR count). The Morgan fingerprint density at radius 3 is 2.84 bits per heavy atom. The number of halogens is 2. The maximum Gasteiger partial charge on any atom is 0.232 e. The number of hydrogen-bond donors (Lipinski definition) is 0. The number of aryl methyl sites for hydroxylation is 1. The second-order valence-corrected chi connectivity index (χ2v) is 5.05. The van der Waals surface area contributed by atoms with Gasteiger partial charge in [-0.1, -0.05) is 0 Å². The zero-order chi connectivity index (χ0) is 13.4. The molecule has 2 aliphatic heterocycles. The molecule has 1 aromatic rings. The van der Waals surface area contributed by atoms with E-state index in [0.717, 1.165) is 12.5 Å². The van der Waals surface area contributed by atoms with Crippen LogP contribution in [-0.4, -0.2) is 25.7 Å². The number of fused-ring (bicyclic) bond motifs is 1. The molecule has 0 aromatic heterocycles. The first kappa shape index (κ1) is 12.5. The van der Waals surface area contributed by atoms with Crippen molar-refractivity contribution < 1.29 is 18.3 Å². The number of nitrogens with zero attached hydrogens (tertiary/aromatic N) is 1. The number of carbonyl (C=O) groups excluding carboxylic acids is 1. The molecule has 102 valence electrons. The van der Waals surface area contributed by atoms with Crippen LogP contribution in [0.15, 0.2) is 12.1 Å². The zero-order valence-corrected chi connectivity index (χ0v) is 10.5. The second kappa shape index (κ2) is 4.89. The lowest BCUT2D eigenvalue weighted by Gasteiger charge is -2.31. The molecule has 1 atom stereocenters. The minimum absolute atomic E-state index is 0.0375. The molecular weight excluding hydrogens is 252 g/mol. The predicted octanol–water partition coefficient (Wildman–Crippen LogP) is 2.28. The molecule has 0 aliphatic carbocycles. The third kappa shape index (κ3) is 2.23. The fourth-order valence-electron chi connectivity index (χ4n) is 2.76. The number of ether oxygens (including phenoxy) is 1. The molecule has 1 aromatic carbocycles. The van der Waals surface area contributed by atoms with Gasteiger partial charge < -0.3 is 9.64 Å². The van der Waals surface area contributed by atoms with Gasteiger partial charge in [-0.05, 0) is 30.9 Å². The highest BCUT2D eigenvalue weighted by molar-refractivity contribution is 5.96. The minimum atomic E-state index is -0.902. The Morgan fingerprint density at radius 2 is 2.11 bits per heavy atom. The van der Waals surface area contributed by atoms with E-state index < -0.39 is 11.6 Å². The summed E-state index contributed by atoms with van der Waals surface area (Å²) >= 11 is 0. The van der Waals surface area contributed by atoms with Crippen LogP contribution < -0.4 is 4.90 Å². The van der Waals surface area contributed by atoms with E-state index in [1.165, 1.54) is 6.07 Å². The highest BCUT2D eigenvalue weighted by atomic mass is 19.2. The van der Waals surface area contributed by atoms with Crippen molar-refractivity contribution in [3.63, 3.8) is 0 Å². The van der Waals surface area contributed by atoms with Crippen LogP contribution >= 0.6 is 0 Å². The number of anilines is 1. The molecule has 3 nitrogen and oxygen atoms in total. The molecule has 0 radical (unpaired) electrons. The Balaban J connectivity index is 1.93. The van der Waals surface area contributed by atoms with Gasteiger partial charge in [-0.2, -0.15) is 0 Å². The number of hydrogen-bond acceptors (Lipinski definition) is 2. The van der Waals surface area contributed by atoms with Crippen LogP contribution in [0.4, 0.5) is 14.5 Å². The van der Waals surface area contributed by atoms with E-state index in [9.17, 15) is 13.6 Å². The molecule has 1 unspecified atom stereocenters. The largest absolute Gasteiger partial charge is 0.381 e. The van der Waals surface area contributed by atoms with Crippen LogP contribution in [0.25, 0.3) is 0 Å². The lowest BCUT2D eigenvalue weighted by atomic mass is 9.98. The molecule has 0 spiro atoms. The van der Waals surface area contributed by atoms with Gasteiger partial charge in [0.15, 0.2) is 11.6 Å². The SMILES string of the molecule is O=C(C1CCOC1)N1CCCc2cc(F)c(F)cc21. The quantitative estimate of drug-likeness (QED) is 0.781. The van der Waals surface area contributed by atoms with Crippen LogP contribution in [0, 0.1) is 17.6 Å². The van der Waals surface area contributed by atoms with Crippen LogP contribution in [0.3, 0.4) is 0 Å². The Labute approximate surface area is 110 Å². The van der Waals surface area contributed by atoms with Crippen LogP contribution in [0.2, 0.25) is 0 Å². The maximum absolute atomic E-state index is 13.4. The summed E-state index contributed by atoms with van der Waals surface area (Å²) in [6, 6.07) is 2.34. The van der Waals surface area contributed by atoms with Crippen LogP contribution in [0.5, 0.6) is 0 Å². The summed E-state index contributed by atoms with van der Waals surface area (Å²) in [4.78, 5) is 14.0. The Kier molecular flexibility index (Phi) is 3.22. The minimum Gasteiger partial charge on any atom is -0.381 e. The van der Waals surface area contributed by atoms with E-state index in [0.29, 0.717) is 43.9 Å². The van der Waals surface area contributed by atoms with Crippen molar-refractivity contribution in [3.05, 3.63) is 29.3 Å². The number of amides is 1. The molecule has 1 amide bonds. The van der Waals surface area contributed by atoms with Gasteiger partial charge in [-0.15, -0.1) is 0 Å². The highest BCUT2D eigenvalue weighted by Gasteiger charge is 2.31. The smallest absolute Gasteiger partial charge is 0.232 e. The van der Waals surface area contributed by atoms with Gasteiger partial charge in [-0.25, -0.2) is 8.78 Å². The predicted molar refractivity (Wildman–Crippen MR) is 66.0 cm³/mol. The summed E-state index contributed by atoms with van der Waals surface area (Å²) in [5, 5.41) is 0. The molecule has 19 heavy (non-hydrogen) atoms. The molecule has 5 heteroatoms. The third-order valence-electron chi connectivity index (χ3n) is 3.79. The lowest BCUT2D eigenvalue weighted by Crippen LogP contribution is -2.40. The standard InChI is InChI=1S/C14H15F2NO2/c15-11-6-9-2-1-4-17(13(9)7-12(11)16)14(18)10-3-5-19-8-10/h6-7,10H,1-5,8H2. The first-order valence-corrected chi connectivity index (χ1v) is 6.54. The fourth-order valence-corrected chi connectivity index (χ4v) is 2.76. The average molecular weight is 267 g/mol. The molecule has 0 saturated carbocycles. The van der Waals surface area contributed by atoms with Crippen molar-refractivity contribution >= 4 is 11.6 Å². The van der Waals surface area contributed by atoms with Crippen LogP contribution in [0.1, 0.15) is 18.4 Å². The van der Waals surface area contributed by atoms with Crippen molar-refractivity contribution in [3.8, 4) is 0 Å². The Morgan fingerprint density at radius 1 is 1.32 bits per heavy atom. The molecule has 2 aliphatic rings. The van der Waals surface area contributed by atoms with Crippen molar-refractivity contribution in [2.24, 2.45) is 5.92 Å². The van der Waals surface area contributed by atoms with Crippen molar-refractivity contribution in [2.75, 3.05) is 24.7 Å². The number of rotatable bonds is 1. The van der Waals surface area contributed by atoms with Crippen molar-refractivity contribution in [2.45, 2.75) is 19.3 Å². The molecule has 1 saturated heterocycles. The van der Waals surface area contributed by atoms with Crippen LogP contribution in [-0.2, 0) is 16.0 Å². The van der Waals surface area contributed by atoms with E-state index in [4.69, 9.17) is 4.74 Å². The van der Waals surface area contributed by atoms with Crippen molar-refractivity contribution in [1.29, 1.82) is 0 Å². The van der Waals surface area contributed by atoms with E-state index >= 15 is 0 Å². The topological polar surface area (TPSA) is 29.5 Å². The van der Waals surface area contributed by atoms with Gasteiger partial charge in [0.25, 0.3) is 0 Å². The van der Waals surface area contributed by atoms with E-state index in [-0.39, 0.29) is 11.8 Å². The van der Waals surface area contributed by atoms with Gasteiger partial charge in [0, 0.05) is 24.9 Å². The summed E-state index contributed by atoms with van der Waals surface area (Å²) in [7, 11) is 0. The second-order valence-electron chi connectivity index (χ2n) is 5.05. The molecular formula is C14H15F2NO2. The Hall–Kier alpha value is -1.49. The lowest BCUT2D eigenvalue weighted by molar-refractivity contribution is -0.122. The normalized spacial score (nSPS) is 22.4. The highest BCUT2D eigenvalue weighted by Crippen LogP contribution is 2.31. The van der Waals surface area contributed by atoms with Gasteiger partial charge in [-0.3, -0.25) is 4.79 Å². The van der Waals surface area contributed by atoms with Gasteiger partial charge >= 0.3 is 0 Å². The molecule has 1 fully saturated rings. The number of benzene rings is 1. The van der Waals surface area contributed by atoms with E-state index in [2.05, 4.69) is 0 Å². The summed E-state index contributed by atoms with van der Waals surface area (Å²) < 4.78 is 31.8. The first-order valence-electron chi connectivity index (χ1n) is 6.54. The Bertz CT molecular complexity index is 512. The van der Waals surface area contributed by atoms with Crippen molar-refractivity contribution in [1.82, 2.24) is 0 Å². The monoisotopic (exact) mass is 267 g/mol. The molecule has 0 N–H and O–H groups in total. The molecule has 0 bridgehead atoms. The fraction of sp³-hybridized carbons (Fsp3) is 0.500. The van der Waals surface area contributed by atoms with E-state index in [1.54, 1.807) is 4.90 Å². The van der Waals surface area contributed by atoms with E-state index in [1.807, 2.05) is 0 Å². The number of carbonyl (C=O) groups is 1. The summed E-state index contributed by atoms with van der Waals surface area (Å²) in [6.45, 7) is 1.58. The average Bonchev–Trinajstić information content (AvgIpc) is 2.92. The van der Waals surface area contributed by atoms with Gasteiger partial charge in [0.2, 0.25) is 5.91 Å².